The first-order valence-electron chi connectivity index (χ1n) is 8.50. The van der Waals surface area contributed by atoms with Crippen LogP contribution in [0.5, 0.6) is 0 Å². The number of aryl methyl sites for hydroxylation is 2. The van der Waals surface area contributed by atoms with Gasteiger partial charge < -0.3 is 10.0 Å². The first kappa shape index (κ1) is 16.4. The molecular formula is C19H23N3O2. The lowest BCUT2D eigenvalue weighted by Gasteiger charge is -2.20. The number of benzene rings is 1. The molecule has 1 saturated heterocycles. The van der Waals surface area contributed by atoms with E-state index < -0.39 is 0 Å². The zero-order valence-electron chi connectivity index (χ0n) is 14.2. The molecule has 24 heavy (non-hydrogen) atoms. The van der Waals surface area contributed by atoms with E-state index in [9.17, 15) is 0 Å². The zero-order valence-corrected chi connectivity index (χ0v) is 14.2. The topological polar surface area (TPSA) is 66.3 Å². The molecule has 2 heterocycles. The van der Waals surface area contributed by atoms with E-state index in [0.717, 1.165) is 31.8 Å². The molecule has 1 aromatic heterocycles. The monoisotopic (exact) mass is 325 g/mol. The van der Waals surface area contributed by atoms with Gasteiger partial charge in [0.15, 0.2) is 0 Å². The molecule has 126 valence electrons. The van der Waals surface area contributed by atoms with Gasteiger partial charge in [-0.25, -0.2) is 9.97 Å². The van der Waals surface area contributed by atoms with E-state index >= 15 is 0 Å². The van der Waals surface area contributed by atoms with Gasteiger partial charge in [0.1, 0.15) is 11.6 Å². The van der Waals surface area contributed by atoms with Crippen molar-refractivity contribution in [3.05, 3.63) is 40.7 Å². The highest BCUT2D eigenvalue weighted by molar-refractivity contribution is 5.78. The Hall–Kier alpha value is -2.43. The van der Waals surface area contributed by atoms with Crippen LogP contribution in [0, 0.1) is 6.92 Å². The molecule has 5 heteroatoms. The van der Waals surface area contributed by atoms with Crippen molar-refractivity contribution in [3.63, 3.8) is 0 Å². The van der Waals surface area contributed by atoms with Gasteiger partial charge in [-0.1, -0.05) is 30.7 Å². The Morgan fingerprint density at radius 1 is 1.25 bits per heavy atom. The summed E-state index contributed by atoms with van der Waals surface area (Å²) in [5.41, 5.74) is 6.57. The summed E-state index contributed by atoms with van der Waals surface area (Å²) < 4.78 is 0. The molecule has 0 atom stereocenters. The van der Waals surface area contributed by atoms with E-state index in [0.29, 0.717) is 0 Å². The molecular weight excluding hydrogens is 302 g/mol. The molecule has 2 aliphatic rings. The minimum atomic E-state index is -0.250. The molecule has 1 aromatic carbocycles. The van der Waals surface area contributed by atoms with Crippen LogP contribution in [0.4, 0.5) is 5.82 Å². The van der Waals surface area contributed by atoms with Crippen LogP contribution < -0.4 is 4.90 Å². The third-order valence-corrected chi connectivity index (χ3v) is 4.64. The summed E-state index contributed by atoms with van der Waals surface area (Å²) in [4.78, 5) is 20.5. The third kappa shape index (κ3) is 2.98. The quantitative estimate of drug-likeness (QED) is 0.733. The largest absolute Gasteiger partial charge is 0.483 e. The molecule has 0 bridgehead atoms. The number of aromatic nitrogens is 2. The molecule has 0 unspecified atom stereocenters. The Labute approximate surface area is 142 Å². The summed E-state index contributed by atoms with van der Waals surface area (Å²) in [6.07, 6.45) is 4.45. The van der Waals surface area contributed by atoms with Crippen molar-refractivity contribution in [1.29, 1.82) is 0 Å². The summed E-state index contributed by atoms with van der Waals surface area (Å²) in [6, 6.07) is 6.73. The average Bonchev–Trinajstić information content (AvgIpc) is 3.21. The van der Waals surface area contributed by atoms with Crippen LogP contribution in [0.15, 0.2) is 18.2 Å². The van der Waals surface area contributed by atoms with Crippen LogP contribution in [0.3, 0.4) is 0 Å². The van der Waals surface area contributed by atoms with E-state index in [1.165, 1.54) is 46.6 Å². The number of anilines is 1. The Balaban J connectivity index is 0.000000526. The lowest BCUT2D eigenvalue weighted by molar-refractivity contribution is -0.122. The van der Waals surface area contributed by atoms with Crippen LogP contribution >= 0.6 is 0 Å². The van der Waals surface area contributed by atoms with E-state index in [4.69, 9.17) is 19.9 Å². The predicted molar refractivity (Wildman–Crippen MR) is 94.5 cm³/mol. The molecule has 5 nitrogen and oxygen atoms in total. The molecule has 1 fully saturated rings. The van der Waals surface area contributed by atoms with Crippen LogP contribution in [0.1, 0.15) is 42.3 Å². The van der Waals surface area contributed by atoms with Gasteiger partial charge in [-0.2, -0.15) is 0 Å². The van der Waals surface area contributed by atoms with Gasteiger partial charge in [-0.05, 0) is 25.3 Å². The van der Waals surface area contributed by atoms with Gasteiger partial charge in [0, 0.05) is 37.1 Å². The maximum atomic E-state index is 8.36. The molecule has 0 saturated carbocycles. The fourth-order valence-corrected chi connectivity index (χ4v) is 3.54. The SMILES string of the molecule is CCc1nc2c(c(N3CCCC3)n1)Cc1cc(C)ccc1-2.O=CO. The fourth-order valence-electron chi connectivity index (χ4n) is 3.54. The summed E-state index contributed by atoms with van der Waals surface area (Å²) in [7, 11) is 0. The van der Waals surface area contributed by atoms with E-state index in [1.54, 1.807) is 0 Å². The van der Waals surface area contributed by atoms with Crippen molar-refractivity contribution in [3.8, 4) is 11.3 Å². The lowest BCUT2D eigenvalue weighted by atomic mass is 10.1. The van der Waals surface area contributed by atoms with Crippen molar-refractivity contribution in [2.24, 2.45) is 0 Å². The molecule has 4 rings (SSSR count). The molecule has 1 N–H and O–H groups in total. The number of hydrogen-bond acceptors (Lipinski definition) is 4. The van der Waals surface area contributed by atoms with Gasteiger partial charge in [0.05, 0.1) is 5.69 Å². The van der Waals surface area contributed by atoms with Crippen LogP contribution in [0.2, 0.25) is 0 Å². The van der Waals surface area contributed by atoms with Crippen molar-refractivity contribution in [1.82, 2.24) is 9.97 Å². The maximum absolute atomic E-state index is 8.36. The number of carboxylic acid groups (broad SMARTS) is 1. The average molecular weight is 325 g/mol. The first-order chi connectivity index (χ1) is 11.7. The lowest BCUT2D eigenvalue weighted by Crippen LogP contribution is -2.21. The zero-order chi connectivity index (χ0) is 17.1. The van der Waals surface area contributed by atoms with Gasteiger partial charge in [0.2, 0.25) is 0 Å². The number of nitrogens with zero attached hydrogens (tertiary/aromatic N) is 3. The van der Waals surface area contributed by atoms with Crippen molar-refractivity contribution in [2.45, 2.75) is 39.5 Å². The predicted octanol–water partition coefficient (Wildman–Crippen LogP) is 3.22. The summed E-state index contributed by atoms with van der Waals surface area (Å²) >= 11 is 0. The Bertz CT molecular complexity index is 753. The van der Waals surface area contributed by atoms with Gasteiger partial charge >= 0.3 is 0 Å². The molecule has 1 aliphatic carbocycles. The Kier molecular flexibility index (Phi) is 4.79. The second kappa shape index (κ2) is 6.99. The highest BCUT2D eigenvalue weighted by Gasteiger charge is 2.28. The van der Waals surface area contributed by atoms with Crippen molar-refractivity contribution >= 4 is 12.3 Å². The molecule has 2 aromatic rings. The van der Waals surface area contributed by atoms with Crippen molar-refractivity contribution in [2.75, 3.05) is 18.0 Å². The van der Waals surface area contributed by atoms with E-state index in [2.05, 4.69) is 36.9 Å². The van der Waals surface area contributed by atoms with Crippen LogP contribution in [-0.4, -0.2) is 34.6 Å². The minimum Gasteiger partial charge on any atom is -0.483 e. The number of carbonyl (C=O) groups is 1. The van der Waals surface area contributed by atoms with E-state index in [1.807, 2.05) is 0 Å². The van der Waals surface area contributed by atoms with Gasteiger partial charge in [-0.3, -0.25) is 4.79 Å². The van der Waals surface area contributed by atoms with Crippen LogP contribution in [0.25, 0.3) is 11.3 Å². The number of hydrogen-bond donors (Lipinski definition) is 1. The smallest absolute Gasteiger partial charge is 0.290 e. The summed E-state index contributed by atoms with van der Waals surface area (Å²) in [5.74, 6) is 2.17. The minimum absolute atomic E-state index is 0.250. The molecule has 0 radical (unpaired) electrons. The highest BCUT2D eigenvalue weighted by atomic mass is 16.3. The van der Waals surface area contributed by atoms with Gasteiger partial charge in [-0.15, -0.1) is 0 Å². The molecule has 0 spiro atoms. The molecule has 0 amide bonds. The number of rotatable bonds is 2. The second-order valence-corrected chi connectivity index (χ2v) is 6.28. The summed E-state index contributed by atoms with van der Waals surface area (Å²) in [5, 5.41) is 6.89. The maximum Gasteiger partial charge on any atom is 0.290 e. The highest BCUT2D eigenvalue weighted by Crippen LogP contribution is 2.40. The number of fused-ring (bicyclic) bond motifs is 3. The second-order valence-electron chi connectivity index (χ2n) is 6.28. The third-order valence-electron chi connectivity index (χ3n) is 4.64. The normalized spacial score (nSPS) is 14.7. The van der Waals surface area contributed by atoms with Gasteiger partial charge in [0.25, 0.3) is 6.47 Å². The Morgan fingerprint density at radius 3 is 2.62 bits per heavy atom. The summed E-state index contributed by atoms with van der Waals surface area (Å²) in [6.45, 7) is 6.33. The van der Waals surface area contributed by atoms with E-state index in [-0.39, 0.29) is 6.47 Å². The standard InChI is InChI=1S/C18H21N3.CH2O2/c1-3-16-19-17-14-7-6-12(2)10-13(14)11-15(17)18(20-16)21-8-4-5-9-21;2-1-3/h6-7,10H,3-5,8-9,11H2,1-2H3;1H,(H,2,3). The first-order valence-corrected chi connectivity index (χ1v) is 8.50. The fraction of sp³-hybridized carbons (Fsp3) is 0.421. The van der Waals surface area contributed by atoms with Crippen molar-refractivity contribution < 1.29 is 9.90 Å². The van der Waals surface area contributed by atoms with Crippen LogP contribution in [-0.2, 0) is 17.6 Å². The Morgan fingerprint density at radius 2 is 1.96 bits per heavy atom. The molecule has 1 aliphatic heterocycles.